The van der Waals surface area contributed by atoms with Crippen LogP contribution in [0.25, 0.3) is 11.4 Å². The monoisotopic (exact) mass is 393 g/mol. The lowest BCUT2D eigenvalue weighted by Crippen LogP contribution is -2.31. The van der Waals surface area contributed by atoms with E-state index in [-0.39, 0.29) is 12.6 Å². The van der Waals surface area contributed by atoms with Crippen LogP contribution in [-0.2, 0) is 4.79 Å². The fraction of sp³-hybridized carbons (Fsp3) is 0.150. The number of hydrogen-bond acceptors (Lipinski definition) is 6. The van der Waals surface area contributed by atoms with E-state index in [4.69, 9.17) is 15.2 Å². The van der Waals surface area contributed by atoms with Gasteiger partial charge in [-0.2, -0.15) is 4.98 Å². The molecule has 29 heavy (non-hydrogen) atoms. The highest BCUT2D eigenvalue weighted by Crippen LogP contribution is 2.40. The molecule has 1 atom stereocenters. The van der Waals surface area contributed by atoms with Gasteiger partial charge in [0.25, 0.3) is 0 Å². The van der Waals surface area contributed by atoms with Gasteiger partial charge in [0.15, 0.2) is 17.3 Å². The van der Waals surface area contributed by atoms with Crippen LogP contribution in [0.3, 0.4) is 0 Å². The molecule has 2 aromatic carbocycles. The van der Waals surface area contributed by atoms with Gasteiger partial charge < -0.3 is 20.5 Å². The summed E-state index contributed by atoms with van der Waals surface area (Å²) in [5, 5.41) is 7.66. The summed E-state index contributed by atoms with van der Waals surface area (Å²) >= 11 is 0. The average molecular weight is 393 g/mol. The normalized spacial score (nSPS) is 17.1. The van der Waals surface area contributed by atoms with Gasteiger partial charge in [0.1, 0.15) is 11.9 Å². The lowest BCUT2D eigenvalue weighted by molar-refractivity contribution is -0.115. The summed E-state index contributed by atoms with van der Waals surface area (Å²) in [7, 11) is 0. The smallest absolute Gasteiger partial charge is 0.248 e. The van der Waals surface area contributed by atoms with Gasteiger partial charge >= 0.3 is 0 Å². The van der Waals surface area contributed by atoms with Gasteiger partial charge in [-0.05, 0) is 48.9 Å². The molecule has 1 unspecified atom stereocenters. The van der Waals surface area contributed by atoms with Crippen molar-refractivity contribution in [2.45, 2.75) is 13.0 Å². The molecule has 0 saturated carbocycles. The maximum absolute atomic E-state index is 13.3. The Morgan fingerprint density at radius 2 is 1.97 bits per heavy atom. The second kappa shape index (κ2) is 6.33. The Labute approximate surface area is 164 Å². The molecule has 0 fully saturated rings. The van der Waals surface area contributed by atoms with Gasteiger partial charge in [0, 0.05) is 11.3 Å². The van der Waals surface area contributed by atoms with E-state index in [1.807, 2.05) is 6.07 Å². The third kappa shape index (κ3) is 2.78. The maximum Gasteiger partial charge on any atom is 0.248 e. The molecule has 0 spiro atoms. The van der Waals surface area contributed by atoms with E-state index in [0.717, 1.165) is 5.56 Å². The molecule has 3 heterocycles. The van der Waals surface area contributed by atoms with Crippen LogP contribution in [0.4, 0.5) is 10.3 Å². The lowest BCUT2D eigenvalue weighted by Gasteiger charge is -2.27. The fourth-order valence-electron chi connectivity index (χ4n) is 3.58. The molecule has 5 rings (SSSR count). The van der Waals surface area contributed by atoms with Gasteiger partial charge in [-0.3, -0.25) is 4.79 Å². The number of carbonyl (C=O) groups is 1. The van der Waals surface area contributed by atoms with E-state index in [1.54, 1.807) is 35.9 Å². The van der Waals surface area contributed by atoms with Crippen molar-refractivity contribution < 1.29 is 18.7 Å². The molecule has 3 N–H and O–H groups in total. The molecule has 2 aliphatic heterocycles. The summed E-state index contributed by atoms with van der Waals surface area (Å²) < 4.78 is 25.7. The summed E-state index contributed by atoms with van der Waals surface area (Å²) in [5.74, 6) is 1.16. The zero-order chi connectivity index (χ0) is 20.1. The minimum Gasteiger partial charge on any atom is -0.454 e. The summed E-state index contributed by atoms with van der Waals surface area (Å²) in [6.07, 6.45) is 0. The summed E-state index contributed by atoms with van der Waals surface area (Å²) in [5.41, 5.74) is 8.05. The number of halogens is 1. The van der Waals surface area contributed by atoms with Gasteiger partial charge in [-0.1, -0.05) is 6.07 Å². The molecule has 8 nitrogen and oxygen atoms in total. The minimum atomic E-state index is -0.597. The number of fused-ring (bicyclic) bond motifs is 2. The Morgan fingerprint density at radius 1 is 1.21 bits per heavy atom. The zero-order valence-corrected chi connectivity index (χ0v) is 15.3. The molecule has 9 heteroatoms. The first-order valence-corrected chi connectivity index (χ1v) is 8.91. The molecule has 0 radical (unpaired) electrons. The van der Waals surface area contributed by atoms with E-state index >= 15 is 0 Å². The highest BCUT2D eigenvalue weighted by Gasteiger charge is 2.34. The topological polar surface area (TPSA) is 104 Å². The highest BCUT2D eigenvalue weighted by atomic mass is 19.1. The Hall–Kier alpha value is -3.88. The van der Waals surface area contributed by atoms with Crippen molar-refractivity contribution in [3.05, 3.63) is 65.1 Å². The first kappa shape index (κ1) is 17.2. The summed E-state index contributed by atoms with van der Waals surface area (Å²) in [6.45, 7) is 1.90. The van der Waals surface area contributed by atoms with Crippen LogP contribution in [-0.4, -0.2) is 27.5 Å². The number of rotatable bonds is 3. The quantitative estimate of drug-likeness (QED) is 0.709. The first-order chi connectivity index (χ1) is 14.0. The van der Waals surface area contributed by atoms with E-state index in [0.29, 0.717) is 40.1 Å². The number of nitrogens with two attached hydrogens (primary N) is 1. The maximum atomic E-state index is 13.3. The number of ether oxygens (including phenoxy) is 2. The van der Waals surface area contributed by atoms with E-state index in [2.05, 4.69) is 15.4 Å². The Kier molecular flexibility index (Phi) is 3.76. The number of aromatic nitrogens is 3. The van der Waals surface area contributed by atoms with Gasteiger partial charge in [0.2, 0.25) is 18.6 Å². The summed E-state index contributed by atoms with van der Waals surface area (Å²) in [6, 6.07) is 10.7. The third-order valence-corrected chi connectivity index (χ3v) is 4.93. The number of amides is 1. The number of anilines is 1. The molecule has 146 valence electrons. The molecular formula is C20H16FN5O3. The van der Waals surface area contributed by atoms with Gasteiger partial charge in [0.05, 0.1) is 5.57 Å². The van der Waals surface area contributed by atoms with Crippen molar-refractivity contribution >= 4 is 11.9 Å². The predicted molar refractivity (Wildman–Crippen MR) is 102 cm³/mol. The molecule has 0 bridgehead atoms. The minimum absolute atomic E-state index is 0.145. The van der Waals surface area contributed by atoms with Crippen LogP contribution < -0.4 is 20.5 Å². The number of primary amides is 1. The largest absolute Gasteiger partial charge is 0.454 e. The number of carbonyl (C=O) groups excluding carboxylic acids is 1. The van der Waals surface area contributed by atoms with E-state index in [1.165, 1.54) is 12.1 Å². The van der Waals surface area contributed by atoms with E-state index < -0.39 is 11.9 Å². The number of benzene rings is 2. The Bertz CT molecular complexity index is 1170. The number of allylic oxidation sites excluding steroid dienone is 1. The predicted octanol–water partition coefficient (Wildman–Crippen LogP) is 2.59. The van der Waals surface area contributed by atoms with Crippen molar-refractivity contribution in [2.24, 2.45) is 5.73 Å². The van der Waals surface area contributed by atoms with E-state index in [9.17, 15) is 9.18 Å². The third-order valence-electron chi connectivity index (χ3n) is 4.93. The second-order valence-electron chi connectivity index (χ2n) is 6.75. The zero-order valence-electron chi connectivity index (χ0n) is 15.3. The van der Waals surface area contributed by atoms with Crippen LogP contribution in [0.1, 0.15) is 18.5 Å². The second-order valence-corrected chi connectivity index (χ2v) is 6.75. The number of nitrogens with zero attached hydrogens (tertiary/aromatic N) is 3. The van der Waals surface area contributed by atoms with Crippen molar-refractivity contribution in [2.75, 3.05) is 12.1 Å². The Balaban J connectivity index is 1.66. The first-order valence-electron chi connectivity index (χ1n) is 8.91. The molecule has 3 aromatic rings. The van der Waals surface area contributed by atoms with Crippen molar-refractivity contribution in [3.63, 3.8) is 0 Å². The van der Waals surface area contributed by atoms with Crippen LogP contribution in [0.15, 0.2) is 53.7 Å². The number of hydrogen-bond donors (Lipinski definition) is 2. The van der Waals surface area contributed by atoms with Gasteiger partial charge in [-0.25, -0.2) is 9.07 Å². The molecule has 0 aliphatic carbocycles. The lowest BCUT2D eigenvalue weighted by atomic mass is 9.95. The fourth-order valence-corrected chi connectivity index (χ4v) is 3.58. The van der Waals surface area contributed by atoms with Crippen LogP contribution in [0.5, 0.6) is 11.5 Å². The molecule has 1 amide bonds. The van der Waals surface area contributed by atoms with Crippen LogP contribution >= 0.6 is 0 Å². The number of nitrogens with one attached hydrogen (secondary N) is 1. The molecule has 0 saturated heterocycles. The average Bonchev–Trinajstić information content (AvgIpc) is 3.33. The molecule has 2 aliphatic rings. The van der Waals surface area contributed by atoms with Crippen molar-refractivity contribution in [1.29, 1.82) is 0 Å². The summed E-state index contributed by atoms with van der Waals surface area (Å²) in [4.78, 5) is 16.8. The molecule has 1 aromatic heterocycles. The standard InChI is InChI=1S/C20H16FN5O3/c1-10-16(18(22)27)17(12-4-7-14-15(8-12)29-9-28-14)26-20(23-10)24-19(25-26)11-2-5-13(21)6-3-11/h2-8,17H,9H2,1H3,(H2,22,27)(H,23,24,25). The SMILES string of the molecule is CC1=C(C(N)=O)C(c2ccc3c(c2)OCO3)n2nc(-c3ccc(F)cc3)nc2N1. The van der Waals surface area contributed by atoms with Crippen LogP contribution in [0.2, 0.25) is 0 Å². The molecular weight excluding hydrogens is 377 g/mol. The van der Waals surface area contributed by atoms with Crippen molar-refractivity contribution in [3.8, 4) is 22.9 Å². The van der Waals surface area contributed by atoms with Crippen molar-refractivity contribution in [1.82, 2.24) is 14.8 Å². The highest BCUT2D eigenvalue weighted by molar-refractivity contribution is 5.95. The van der Waals surface area contributed by atoms with Gasteiger partial charge in [-0.15, -0.1) is 5.10 Å². The van der Waals surface area contributed by atoms with Crippen LogP contribution in [0, 0.1) is 5.82 Å². The Morgan fingerprint density at radius 3 is 2.72 bits per heavy atom.